The molecule has 21 heteroatoms. The number of anilines is 1. The lowest BCUT2D eigenvalue weighted by atomic mass is 9.83. The molecule has 2 bridgehead atoms. The zero-order valence-electron chi connectivity index (χ0n) is 30.2. The Bertz CT molecular complexity index is 2450. The molecular formula is C38H36N2O19. The fraction of sp³-hybridized carbons (Fsp3) is 0.368. The van der Waals surface area contributed by atoms with Crippen LogP contribution in [0.2, 0.25) is 0 Å². The van der Waals surface area contributed by atoms with E-state index in [0.717, 1.165) is 18.2 Å². The van der Waals surface area contributed by atoms with E-state index < -0.39 is 114 Å². The highest BCUT2D eigenvalue weighted by atomic mass is 16.8. The molecule has 0 radical (unpaired) electrons. The quantitative estimate of drug-likeness (QED) is 0.0494. The van der Waals surface area contributed by atoms with Crippen molar-refractivity contribution >= 4 is 28.7 Å². The van der Waals surface area contributed by atoms with Gasteiger partial charge in [0.15, 0.2) is 16.9 Å². The van der Waals surface area contributed by atoms with Gasteiger partial charge in [-0.15, -0.1) is 0 Å². The predicted molar refractivity (Wildman–Crippen MR) is 193 cm³/mol. The van der Waals surface area contributed by atoms with Crippen LogP contribution in [0.25, 0.3) is 22.3 Å². The average Bonchev–Trinajstić information content (AvgIpc) is 3.25. The van der Waals surface area contributed by atoms with Crippen LogP contribution >= 0.6 is 0 Å². The van der Waals surface area contributed by atoms with Gasteiger partial charge in [-0.25, -0.2) is 14.6 Å². The number of nitrogens with zero attached hydrogens (tertiary/aromatic N) is 1. The van der Waals surface area contributed by atoms with Crippen LogP contribution in [0.15, 0.2) is 51.8 Å². The normalized spacial score (nSPS) is 30.4. The summed E-state index contributed by atoms with van der Waals surface area (Å²) in [6, 6.07) is 7.46. The molecule has 0 amide bonds. The number of aliphatic hydroxyl groups excluding tert-OH is 7. The molecule has 21 nitrogen and oxygen atoms in total. The number of aliphatic carboxylic acids is 1. The van der Waals surface area contributed by atoms with Crippen molar-refractivity contribution in [3.05, 3.63) is 69.5 Å². The number of aliphatic hydroxyl groups is 7. The van der Waals surface area contributed by atoms with Crippen molar-refractivity contribution in [2.75, 3.05) is 12.3 Å². The van der Waals surface area contributed by atoms with E-state index in [1.165, 1.54) is 24.4 Å². The van der Waals surface area contributed by atoms with Crippen LogP contribution in [-0.4, -0.2) is 140 Å². The van der Waals surface area contributed by atoms with E-state index in [1.807, 2.05) is 0 Å². The molecule has 0 saturated carbocycles. The van der Waals surface area contributed by atoms with Crippen molar-refractivity contribution in [1.29, 1.82) is 0 Å². The van der Waals surface area contributed by atoms with E-state index in [1.54, 1.807) is 0 Å². The molecule has 2 aromatic heterocycles. The van der Waals surface area contributed by atoms with Crippen LogP contribution in [-0.2, 0) is 36.6 Å². The van der Waals surface area contributed by atoms with Gasteiger partial charge in [0.2, 0.25) is 18.2 Å². The Labute approximate surface area is 330 Å². The van der Waals surface area contributed by atoms with Crippen LogP contribution in [0.5, 0.6) is 23.0 Å². The molecule has 0 aliphatic carbocycles. The molecule has 4 aromatic rings. The van der Waals surface area contributed by atoms with Crippen LogP contribution in [0, 0.1) is 11.8 Å². The minimum atomic E-state index is -2.97. The number of rotatable bonds is 8. The number of carboxylic acids is 1. The Morgan fingerprint density at radius 2 is 1.66 bits per heavy atom. The first-order valence-corrected chi connectivity index (χ1v) is 17.7. The number of pyridine rings is 1. The lowest BCUT2D eigenvalue weighted by molar-refractivity contribution is -0.329. The third-order valence-electron chi connectivity index (χ3n) is 10.3. The first-order chi connectivity index (χ1) is 27.9. The van der Waals surface area contributed by atoms with E-state index in [4.69, 9.17) is 29.1 Å². The van der Waals surface area contributed by atoms with Gasteiger partial charge in [-0.05, 0) is 30.2 Å². The Hall–Kier alpha value is -6.06. The van der Waals surface area contributed by atoms with Gasteiger partial charge in [0, 0.05) is 48.0 Å². The summed E-state index contributed by atoms with van der Waals surface area (Å²) in [6.45, 7) is -0.406. The number of carbonyl (C=O) groups excluding carboxylic acids is 1. The largest absolute Gasteiger partial charge is 0.507 e. The summed E-state index contributed by atoms with van der Waals surface area (Å²) in [5.74, 6) is -1.59. The van der Waals surface area contributed by atoms with Gasteiger partial charge in [-0.1, -0.05) is 17.9 Å². The first kappa shape index (κ1) is 41.1. The number of hydrogen-bond acceptors (Lipinski definition) is 20. The number of benzene rings is 2. The molecule has 3 aliphatic rings. The number of carbonyl (C=O) groups is 2. The summed E-state index contributed by atoms with van der Waals surface area (Å²) in [6.07, 6.45) is -18.5. The molecule has 10 atom stereocenters. The van der Waals surface area contributed by atoms with E-state index in [9.17, 15) is 70.6 Å². The van der Waals surface area contributed by atoms with Gasteiger partial charge < -0.3 is 85.3 Å². The minimum Gasteiger partial charge on any atom is -0.507 e. The monoisotopic (exact) mass is 824 g/mol. The van der Waals surface area contributed by atoms with E-state index >= 15 is 0 Å². The molecule has 1 spiro atoms. The molecule has 2 saturated heterocycles. The molecule has 312 valence electrons. The Morgan fingerprint density at radius 1 is 0.932 bits per heavy atom. The number of fused-ring (bicyclic) bond motifs is 3. The second-order valence-corrected chi connectivity index (χ2v) is 14.1. The average molecular weight is 825 g/mol. The molecule has 7 rings (SSSR count). The number of phenols is 3. The maximum Gasteiger partial charge on any atom is 0.351 e. The summed E-state index contributed by atoms with van der Waals surface area (Å²) in [4.78, 5) is 43.9. The van der Waals surface area contributed by atoms with Gasteiger partial charge in [-0.3, -0.25) is 4.79 Å². The fourth-order valence-electron chi connectivity index (χ4n) is 7.04. The molecule has 59 heavy (non-hydrogen) atoms. The standard InChI is InChI=1S/C38H36N2O19/c39-23-3-2-14(13-40-23)8-17-21(12-22-24(26(17)45)18(42)11-20(55-22)16-9-15(4-7-41)25(44)19(43)10-16)56-33-29(48)28(47)32(51)38(59-33)6-1-5-37(35(52)53)31(50)27(46)30(49)34(58-37)57-36(38)54/h2-3,9-13,27-34,41,43-51H,4,6-8H2,(H2,39,40)(H,52,53)/t27-,28-,29-,30-,31+,32+,33-,34+,37-,38+/m1/s1. The zero-order chi connectivity index (χ0) is 42.7. The number of aromatic nitrogens is 1. The number of esters is 1. The van der Waals surface area contributed by atoms with Crippen molar-refractivity contribution in [1.82, 2.24) is 4.98 Å². The molecule has 2 aromatic carbocycles. The molecule has 3 aliphatic heterocycles. The van der Waals surface area contributed by atoms with E-state index in [-0.39, 0.29) is 52.1 Å². The van der Waals surface area contributed by atoms with Crippen LogP contribution in [0.3, 0.4) is 0 Å². The molecule has 2 fully saturated rings. The molecule has 5 heterocycles. The van der Waals surface area contributed by atoms with Crippen LogP contribution < -0.4 is 15.9 Å². The fourth-order valence-corrected chi connectivity index (χ4v) is 7.04. The van der Waals surface area contributed by atoms with Crippen molar-refractivity contribution < 1.29 is 89.1 Å². The maximum absolute atomic E-state index is 13.9. The first-order valence-electron chi connectivity index (χ1n) is 17.7. The van der Waals surface area contributed by atoms with Gasteiger partial charge >= 0.3 is 11.9 Å². The highest BCUT2D eigenvalue weighted by molar-refractivity contribution is 5.89. The summed E-state index contributed by atoms with van der Waals surface area (Å²) >= 11 is 0. The smallest absolute Gasteiger partial charge is 0.351 e. The molecular weight excluding hydrogens is 788 g/mol. The second-order valence-electron chi connectivity index (χ2n) is 14.1. The summed E-state index contributed by atoms with van der Waals surface area (Å²) in [5.41, 5.74) is -0.894. The predicted octanol–water partition coefficient (Wildman–Crippen LogP) is -2.55. The SMILES string of the molecule is Nc1ccc(Cc2c(O[C@@H]3O[C@@]4(CC#C[C@@]5(C(=O)O)O[C@H](OC4=O)[C@H](O)[C@@H](O)[C@@H]5O)[C@@H](O)[C@H](O)[C@H]3O)cc3oc(-c4cc(O)c(O)c(CCO)c4)cc(=O)c3c2O)cn1. The number of aromatic hydroxyl groups is 3. The topological polar surface area (TPSA) is 363 Å². The summed E-state index contributed by atoms with van der Waals surface area (Å²) in [7, 11) is 0. The minimum absolute atomic E-state index is 0.0648. The highest BCUT2D eigenvalue weighted by Crippen LogP contribution is 2.43. The van der Waals surface area contributed by atoms with Crippen LogP contribution in [0.4, 0.5) is 5.82 Å². The van der Waals surface area contributed by atoms with Gasteiger partial charge in [0.25, 0.3) is 5.60 Å². The van der Waals surface area contributed by atoms with Gasteiger partial charge in [0.1, 0.15) is 70.7 Å². The number of ether oxygens (including phenoxy) is 4. The van der Waals surface area contributed by atoms with Gasteiger partial charge in [-0.2, -0.15) is 0 Å². The van der Waals surface area contributed by atoms with Crippen molar-refractivity contribution in [3.63, 3.8) is 0 Å². The lowest BCUT2D eigenvalue weighted by Crippen LogP contribution is -2.70. The molecule has 0 unspecified atom stereocenters. The third kappa shape index (κ3) is 6.91. The van der Waals surface area contributed by atoms with E-state index in [2.05, 4.69) is 16.8 Å². The summed E-state index contributed by atoms with van der Waals surface area (Å²) in [5, 5.41) is 116. The maximum atomic E-state index is 13.9. The van der Waals surface area contributed by atoms with Crippen molar-refractivity contribution in [2.24, 2.45) is 0 Å². The van der Waals surface area contributed by atoms with Crippen LogP contribution in [0.1, 0.15) is 23.1 Å². The van der Waals surface area contributed by atoms with Gasteiger partial charge in [0.05, 0.1) is 6.42 Å². The number of hydrogen-bond donors (Lipinski definition) is 12. The number of carboxylic acid groups (broad SMARTS) is 1. The summed E-state index contributed by atoms with van der Waals surface area (Å²) < 4.78 is 28.3. The number of nitrogens with two attached hydrogens (primary N) is 1. The lowest BCUT2D eigenvalue weighted by Gasteiger charge is -2.47. The number of phenolic OH excluding ortho intramolecular Hbond substituents is 3. The highest BCUT2D eigenvalue weighted by Gasteiger charge is 2.64. The Morgan fingerprint density at radius 3 is 2.34 bits per heavy atom. The van der Waals surface area contributed by atoms with Crippen molar-refractivity contribution in [2.45, 2.75) is 79.7 Å². The number of nitrogen functional groups attached to an aromatic ring is 1. The van der Waals surface area contributed by atoms with E-state index in [0.29, 0.717) is 5.56 Å². The second kappa shape index (κ2) is 15.3. The zero-order valence-corrected chi connectivity index (χ0v) is 30.2. The molecule has 13 N–H and O–H groups in total. The third-order valence-corrected chi connectivity index (χ3v) is 10.3. The Kier molecular flexibility index (Phi) is 10.6. The Balaban J connectivity index is 1.35. The van der Waals surface area contributed by atoms with Crippen molar-refractivity contribution in [3.8, 4) is 46.2 Å².